The number of aromatic nitrogens is 5. The maximum absolute atomic E-state index is 6.83. The largest absolute Gasteiger partial charge is 0.452 e. The highest BCUT2D eigenvalue weighted by Gasteiger charge is 2.30. The van der Waals surface area contributed by atoms with Crippen molar-refractivity contribution in [2.45, 2.75) is 0 Å². The standard InChI is InChI=1S/C58H33N5O/c1-2-17-34(18-3-1)61-46-29-13-8-23-39(46)51-42(26-16-31-48(51)61)55-57-54(41-25-10-15-32-50(41)64-57)59-58(60-55)63-47-30-14-9-24-40(47)52-49(63)33-43-37-21-7-12-28-45(37)62-44-27-11-6-20-36(44)35-19-4-5-22-38(35)53(52)56(43)62/h1-33H. The molecule has 6 heterocycles. The van der Waals surface area contributed by atoms with E-state index >= 15 is 0 Å². The first-order valence-corrected chi connectivity index (χ1v) is 21.8. The minimum atomic E-state index is 0.588. The second-order valence-corrected chi connectivity index (χ2v) is 16.8. The van der Waals surface area contributed by atoms with Crippen molar-refractivity contribution in [2.24, 2.45) is 0 Å². The molecule has 1 aliphatic rings. The second-order valence-electron chi connectivity index (χ2n) is 16.8. The Balaban J connectivity index is 1.12. The van der Waals surface area contributed by atoms with Gasteiger partial charge < -0.3 is 13.6 Å². The highest BCUT2D eigenvalue weighted by molar-refractivity contribution is 6.29. The summed E-state index contributed by atoms with van der Waals surface area (Å²) in [5.74, 6) is 0.588. The van der Waals surface area contributed by atoms with Crippen molar-refractivity contribution in [2.75, 3.05) is 0 Å². The predicted molar refractivity (Wildman–Crippen MR) is 262 cm³/mol. The number of benzene rings is 9. The number of furan rings is 1. The van der Waals surface area contributed by atoms with Crippen molar-refractivity contribution < 1.29 is 4.42 Å². The summed E-state index contributed by atoms with van der Waals surface area (Å²) in [6.07, 6.45) is 0. The number of para-hydroxylation sites is 6. The van der Waals surface area contributed by atoms with Crippen LogP contribution in [-0.4, -0.2) is 23.7 Å². The lowest BCUT2D eigenvalue weighted by Crippen LogP contribution is -2.03. The van der Waals surface area contributed by atoms with Crippen molar-refractivity contribution >= 4 is 87.5 Å². The Morgan fingerprint density at radius 1 is 0.375 bits per heavy atom. The summed E-state index contributed by atoms with van der Waals surface area (Å²) in [7, 11) is 0. The van der Waals surface area contributed by atoms with Gasteiger partial charge in [-0.3, -0.25) is 4.57 Å². The summed E-state index contributed by atoms with van der Waals surface area (Å²) in [5.41, 5.74) is 17.8. The number of rotatable bonds is 3. The van der Waals surface area contributed by atoms with Crippen LogP contribution in [0.1, 0.15) is 0 Å². The zero-order chi connectivity index (χ0) is 41.6. The maximum atomic E-state index is 6.83. The van der Waals surface area contributed by atoms with E-state index in [4.69, 9.17) is 14.4 Å². The highest BCUT2D eigenvalue weighted by atomic mass is 16.3. The third-order valence-corrected chi connectivity index (χ3v) is 13.6. The molecule has 15 rings (SSSR count). The van der Waals surface area contributed by atoms with Crippen molar-refractivity contribution in [1.82, 2.24) is 23.7 Å². The summed E-state index contributed by atoms with van der Waals surface area (Å²) in [6, 6.07) is 71.7. The molecule has 0 amide bonds. The van der Waals surface area contributed by atoms with Gasteiger partial charge >= 0.3 is 0 Å². The number of hydrogen-bond acceptors (Lipinski definition) is 3. The van der Waals surface area contributed by atoms with E-state index in [9.17, 15) is 0 Å². The Morgan fingerprint density at radius 3 is 1.78 bits per heavy atom. The van der Waals surface area contributed by atoms with Crippen LogP contribution in [-0.2, 0) is 0 Å². The molecule has 5 aromatic heterocycles. The van der Waals surface area contributed by atoms with Crippen LogP contribution in [0.5, 0.6) is 0 Å². The van der Waals surface area contributed by atoms with E-state index in [2.05, 4.69) is 202 Å². The molecule has 0 aliphatic carbocycles. The van der Waals surface area contributed by atoms with Crippen molar-refractivity contribution in [1.29, 1.82) is 0 Å². The van der Waals surface area contributed by atoms with Gasteiger partial charge in [-0.1, -0.05) is 140 Å². The third kappa shape index (κ3) is 4.33. The normalized spacial score (nSPS) is 12.4. The van der Waals surface area contributed by atoms with Gasteiger partial charge in [0, 0.05) is 60.1 Å². The zero-order valence-corrected chi connectivity index (χ0v) is 34.2. The van der Waals surface area contributed by atoms with Gasteiger partial charge in [-0.05, 0) is 71.8 Å². The van der Waals surface area contributed by atoms with Crippen LogP contribution in [0.4, 0.5) is 0 Å². The summed E-state index contributed by atoms with van der Waals surface area (Å²) in [4.78, 5) is 11.3. The fourth-order valence-electron chi connectivity index (χ4n) is 11.1. The third-order valence-electron chi connectivity index (χ3n) is 13.6. The molecular formula is C58H33N5O. The molecule has 0 fully saturated rings. The summed E-state index contributed by atoms with van der Waals surface area (Å²) < 4.78 is 14.0. The molecule has 0 atom stereocenters. The van der Waals surface area contributed by atoms with Gasteiger partial charge in [0.05, 0.1) is 38.8 Å². The van der Waals surface area contributed by atoms with E-state index < -0.39 is 0 Å². The van der Waals surface area contributed by atoms with Gasteiger partial charge in [-0.15, -0.1) is 0 Å². The van der Waals surface area contributed by atoms with Crippen molar-refractivity contribution in [3.63, 3.8) is 0 Å². The van der Waals surface area contributed by atoms with E-state index in [-0.39, 0.29) is 0 Å². The molecule has 0 spiro atoms. The molecule has 0 unspecified atom stereocenters. The lowest BCUT2D eigenvalue weighted by Gasteiger charge is -2.13. The lowest BCUT2D eigenvalue weighted by molar-refractivity contribution is 0.666. The molecule has 0 bridgehead atoms. The average Bonchev–Trinajstić information content (AvgIpc) is 4.08. The van der Waals surface area contributed by atoms with Gasteiger partial charge in [0.25, 0.3) is 0 Å². The quantitative estimate of drug-likeness (QED) is 0.178. The van der Waals surface area contributed by atoms with E-state index in [1.54, 1.807) is 0 Å². The first-order chi connectivity index (χ1) is 31.8. The molecule has 6 nitrogen and oxygen atoms in total. The second kappa shape index (κ2) is 12.4. The Morgan fingerprint density at radius 2 is 0.969 bits per heavy atom. The molecule has 64 heavy (non-hydrogen) atoms. The molecule has 14 aromatic rings. The van der Waals surface area contributed by atoms with E-state index in [0.29, 0.717) is 11.5 Å². The molecule has 1 aliphatic heterocycles. The SMILES string of the molecule is c1ccc(-n2c3ccccc3c3c(-c4nc(-n5c6ccccc6c6c7c8c(cc65)c5ccccc5n8-c5ccccc5-c5ccccc5-7)nc5c4oc4ccccc45)cccc32)cc1. The van der Waals surface area contributed by atoms with Gasteiger partial charge in [-0.25, -0.2) is 9.97 Å². The topological polar surface area (TPSA) is 53.7 Å². The average molecular weight is 816 g/mol. The van der Waals surface area contributed by atoms with E-state index in [1.807, 2.05) is 12.1 Å². The first-order valence-electron chi connectivity index (χ1n) is 21.8. The van der Waals surface area contributed by atoms with Crippen LogP contribution >= 0.6 is 0 Å². The fourth-order valence-corrected chi connectivity index (χ4v) is 11.1. The lowest BCUT2D eigenvalue weighted by atomic mass is 9.91. The van der Waals surface area contributed by atoms with Crippen molar-refractivity contribution in [3.8, 4) is 50.8 Å². The number of fused-ring (bicyclic) bond motifs is 18. The minimum absolute atomic E-state index is 0.588. The maximum Gasteiger partial charge on any atom is 0.236 e. The van der Waals surface area contributed by atoms with Crippen LogP contribution in [0.15, 0.2) is 205 Å². The van der Waals surface area contributed by atoms with Crippen LogP contribution in [0.3, 0.4) is 0 Å². The Labute approximate surface area is 365 Å². The van der Waals surface area contributed by atoms with Crippen LogP contribution < -0.4 is 0 Å². The molecule has 296 valence electrons. The Hall–Kier alpha value is -8.74. The first kappa shape index (κ1) is 33.9. The molecular weight excluding hydrogens is 783 g/mol. The van der Waals surface area contributed by atoms with Gasteiger partial charge in [0.15, 0.2) is 5.58 Å². The fraction of sp³-hybridized carbons (Fsp3) is 0. The molecule has 9 aromatic carbocycles. The summed E-state index contributed by atoms with van der Waals surface area (Å²) in [6.45, 7) is 0. The number of hydrogen-bond donors (Lipinski definition) is 0. The minimum Gasteiger partial charge on any atom is -0.452 e. The van der Waals surface area contributed by atoms with Gasteiger partial charge in [0.1, 0.15) is 16.8 Å². The molecule has 6 heteroatoms. The monoisotopic (exact) mass is 815 g/mol. The van der Waals surface area contributed by atoms with Crippen molar-refractivity contribution in [3.05, 3.63) is 200 Å². The number of nitrogens with zero attached hydrogens (tertiary/aromatic N) is 5. The Bertz CT molecular complexity index is 4320. The van der Waals surface area contributed by atoms with Gasteiger partial charge in [-0.2, -0.15) is 0 Å². The Kier molecular flexibility index (Phi) is 6.59. The van der Waals surface area contributed by atoms with E-state index in [1.165, 1.54) is 55.1 Å². The van der Waals surface area contributed by atoms with E-state index in [0.717, 1.165) is 71.7 Å². The molecule has 0 saturated heterocycles. The van der Waals surface area contributed by atoms with Crippen LogP contribution in [0.2, 0.25) is 0 Å². The summed E-state index contributed by atoms with van der Waals surface area (Å²) >= 11 is 0. The molecule has 0 radical (unpaired) electrons. The van der Waals surface area contributed by atoms with Crippen LogP contribution in [0.25, 0.3) is 138 Å². The zero-order valence-electron chi connectivity index (χ0n) is 34.2. The highest BCUT2D eigenvalue weighted by Crippen LogP contribution is 2.52. The molecule has 0 saturated carbocycles. The van der Waals surface area contributed by atoms with Crippen LogP contribution in [0, 0.1) is 0 Å². The summed E-state index contributed by atoms with van der Waals surface area (Å²) in [5, 5.41) is 7.90. The smallest absolute Gasteiger partial charge is 0.236 e. The molecule has 0 N–H and O–H groups in total. The van der Waals surface area contributed by atoms with Gasteiger partial charge in [0.2, 0.25) is 5.95 Å². The predicted octanol–water partition coefficient (Wildman–Crippen LogP) is 15.0.